The molecule has 2 amide bonds. The molecule has 1 aromatic rings. The number of likely N-dealkylation sites (tertiary alicyclic amines) is 1. The average molecular weight is 280 g/mol. The number of amides is 2. The molecule has 1 atom stereocenters. The summed E-state index contributed by atoms with van der Waals surface area (Å²) in [6.07, 6.45) is 3.00. The Morgan fingerprint density at radius 3 is 3.00 bits per heavy atom. The highest BCUT2D eigenvalue weighted by Gasteiger charge is 2.24. The van der Waals surface area contributed by atoms with Crippen LogP contribution in [0.4, 0.5) is 4.79 Å². The van der Waals surface area contributed by atoms with E-state index in [0.29, 0.717) is 18.4 Å². The van der Waals surface area contributed by atoms with E-state index in [9.17, 15) is 4.79 Å². The van der Waals surface area contributed by atoms with Gasteiger partial charge < -0.3 is 15.1 Å². The molecule has 0 saturated carbocycles. The summed E-state index contributed by atoms with van der Waals surface area (Å²) in [7, 11) is 4.12. The zero-order valence-electron chi connectivity index (χ0n) is 12.5. The lowest BCUT2D eigenvalue weighted by Gasteiger charge is -2.36. The van der Waals surface area contributed by atoms with Gasteiger partial charge in [0.15, 0.2) is 5.82 Å². The highest BCUT2D eigenvalue weighted by Crippen LogP contribution is 2.13. The topological polar surface area (TPSA) is 77.2 Å². The van der Waals surface area contributed by atoms with Gasteiger partial charge in [0.2, 0.25) is 0 Å². The van der Waals surface area contributed by atoms with Crippen LogP contribution < -0.4 is 5.32 Å². The minimum atomic E-state index is -0.0222. The van der Waals surface area contributed by atoms with Gasteiger partial charge in [-0.05, 0) is 26.9 Å². The van der Waals surface area contributed by atoms with Crippen molar-refractivity contribution in [2.75, 3.05) is 27.2 Å². The first-order valence-corrected chi connectivity index (χ1v) is 7.19. The largest absolute Gasteiger partial charge is 0.331 e. The smallest absolute Gasteiger partial charge is 0.317 e. The minimum Gasteiger partial charge on any atom is -0.331 e. The van der Waals surface area contributed by atoms with Crippen LogP contribution in [0.2, 0.25) is 0 Å². The van der Waals surface area contributed by atoms with Gasteiger partial charge in [0.1, 0.15) is 5.82 Å². The molecule has 20 heavy (non-hydrogen) atoms. The van der Waals surface area contributed by atoms with Gasteiger partial charge in [-0.2, -0.15) is 5.10 Å². The number of H-pyrrole nitrogens is 1. The first kappa shape index (κ1) is 14.8. The molecule has 1 aliphatic heterocycles. The molecular weight excluding hydrogens is 256 g/mol. The van der Waals surface area contributed by atoms with Crippen molar-refractivity contribution in [1.82, 2.24) is 30.3 Å². The molecule has 1 saturated heterocycles. The second-order valence-electron chi connectivity index (χ2n) is 5.42. The molecule has 2 heterocycles. The summed E-state index contributed by atoms with van der Waals surface area (Å²) < 4.78 is 0. The van der Waals surface area contributed by atoms with Gasteiger partial charge in [-0.1, -0.05) is 6.92 Å². The summed E-state index contributed by atoms with van der Waals surface area (Å²) in [5.74, 6) is 1.48. The molecule has 2 rings (SSSR count). The Labute approximate surface area is 119 Å². The Bertz CT molecular complexity index is 444. The van der Waals surface area contributed by atoms with Crippen molar-refractivity contribution in [3.05, 3.63) is 11.6 Å². The van der Waals surface area contributed by atoms with Crippen LogP contribution in [0.3, 0.4) is 0 Å². The SMILES string of the molecule is CCc1n[nH]c(CNC(=O)N2CCCC(N(C)C)C2)n1. The number of likely N-dealkylation sites (N-methyl/N-ethyl adjacent to an activating group) is 1. The van der Waals surface area contributed by atoms with E-state index in [1.807, 2.05) is 11.8 Å². The van der Waals surface area contributed by atoms with Gasteiger partial charge in [0, 0.05) is 25.6 Å². The van der Waals surface area contributed by atoms with E-state index < -0.39 is 0 Å². The maximum atomic E-state index is 12.2. The highest BCUT2D eigenvalue weighted by molar-refractivity contribution is 5.74. The highest BCUT2D eigenvalue weighted by atomic mass is 16.2. The van der Waals surface area contributed by atoms with Crippen molar-refractivity contribution >= 4 is 6.03 Å². The van der Waals surface area contributed by atoms with E-state index in [0.717, 1.165) is 38.2 Å². The van der Waals surface area contributed by atoms with Crippen molar-refractivity contribution in [3.8, 4) is 0 Å². The maximum Gasteiger partial charge on any atom is 0.317 e. The third-order valence-corrected chi connectivity index (χ3v) is 3.72. The van der Waals surface area contributed by atoms with E-state index in [4.69, 9.17) is 0 Å². The number of hydrogen-bond acceptors (Lipinski definition) is 4. The Morgan fingerprint density at radius 1 is 1.55 bits per heavy atom. The monoisotopic (exact) mass is 280 g/mol. The molecule has 1 aromatic heterocycles. The second kappa shape index (κ2) is 6.69. The number of carbonyl (C=O) groups is 1. The Balaban J connectivity index is 1.82. The first-order chi connectivity index (χ1) is 9.60. The number of rotatable bonds is 4. The van der Waals surface area contributed by atoms with Gasteiger partial charge in [-0.25, -0.2) is 9.78 Å². The van der Waals surface area contributed by atoms with Crippen molar-refractivity contribution < 1.29 is 4.79 Å². The standard InChI is InChI=1S/C13H24N6O/c1-4-11-15-12(17-16-11)8-14-13(20)19-7-5-6-10(9-19)18(2)3/h10H,4-9H2,1-3H3,(H,14,20)(H,15,16,17). The van der Waals surface area contributed by atoms with Crippen molar-refractivity contribution in [1.29, 1.82) is 0 Å². The fourth-order valence-electron chi connectivity index (χ4n) is 2.40. The molecule has 112 valence electrons. The number of hydrogen-bond donors (Lipinski definition) is 2. The van der Waals surface area contributed by atoms with E-state index in [1.165, 1.54) is 0 Å². The third-order valence-electron chi connectivity index (χ3n) is 3.72. The fourth-order valence-corrected chi connectivity index (χ4v) is 2.40. The molecule has 0 bridgehead atoms. The predicted molar refractivity (Wildman–Crippen MR) is 76.3 cm³/mol. The third kappa shape index (κ3) is 3.69. The Hall–Kier alpha value is -1.63. The van der Waals surface area contributed by atoms with Crippen molar-refractivity contribution in [2.45, 2.75) is 38.8 Å². The summed E-state index contributed by atoms with van der Waals surface area (Å²) in [5.41, 5.74) is 0. The van der Waals surface area contributed by atoms with Crippen molar-refractivity contribution in [2.24, 2.45) is 0 Å². The summed E-state index contributed by atoms with van der Waals surface area (Å²) in [6.45, 7) is 4.01. The Kier molecular flexibility index (Phi) is 4.94. The molecule has 7 nitrogen and oxygen atoms in total. The number of nitrogens with one attached hydrogen (secondary N) is 2. The number of carbonyl (C=O) groups excluding carboxylic acids is 1. The van der Waals surface area contributed by atoms with Crippen LogP contribution in [0, 0.1) is 0 Å². The summed E-state index contributed by atoms with van der Waals surface area (Å²) in [5, 5.41) is 9.79. The van der Waals surface area contributed by atoms with E-state index >= 15 is 0 Å². The van der Waals surface area contributed by atoms with Crippen LogP contribution in [0.1, 0.15) is 31.4 Å². The average Bonchev–Trinajstić information content (AvgIpc) is 2.93. The van der Waals surface area contributed by atoms with Gasteiger partial charge >= 0.3 is 6.03 Å². The molecule has 7 heteroatoms. The van der Waals surface area contributed by atoms with Crippen LogP contribution in [-0.2, 0) is 13.0 Å². The molecule has 1 unspecified atom stereocenters. The zero-order chi connectivity index (χ0) is 14.5. The second-order valence-corrected chi connectivity index (χ2v) is 5.42. The van der Waals surface area contributed by atoms with Crippen molar-refractivity contribution in [3.63, 3.8) is 0 Å². The number of aromatic nitrogens is 3. The number of aryl methyl sites for hydroxylation is 1. The van der Waals surface area contributed by atoms with E-state index in [-0.39, 0.29) is 6.03 Å². The quantitative estimate of drug-likeness (QED) is 0.847. The van der Waals surface area contributed by atoms with Crippen LogP contribution in [-0.4, -0.2) is 64.2 Å². The van der Waals surface area contributed by atoms with E-state index in [1.54, 1.807) is 0 Å². The van der Waals surface area contributed by atoms with Gasteiger partial charge in [0.05, 0.1) is 6.54 Å². The normalized spacial score (nSPS) is 19.4. The zero-order valence-corrected chi connectivity index (χ0v) is 12.5. The van der Waals surface area contributed by atoms with Gasteiger partial charge in [-0.15, -0.1) is 0 Å². The summed E-state index contributed by atoms with van der Waals surface area (Å²) in [6, 6.07) is 0.428. The molecule has 0 aromatic carbocycles. The van der Waals surface area contributed by atoms with Crippen LogP contribution in [0.25, 0.3) is 0 Å². The molecule has 2 N–H and O–H groups in total. The van der Waals surface area contributed by atoms with Gasteiger partial charge in [-0.3, -0.25) is 5.10 Å². The van der Waals surface area contributed by atoms with Crippen LogP contribution in [0.15, 0.2) is 0 Å². The van der Waals surface area contributed by atoms with Gasteiger partial charge in [0.25, 0.3) is 0 Å². The van der Waals surface area contributed by atoms with E-state index in [2.05, 4.69) is 39.5 Å². The molecule has 0 radical (unpaired) electrons. The lowest BCUT2D eigenvalue weighted by Crippen LogP contribution is -2.50. The number of urea groups is 1. The summed E-state index contributed by atoms with van der Waals surface area (Å²) in [4.78, 5) is 20.5. The minimum absolute atomic E-state index is 0.0222. The number of aromatic amines is 1. The lowest BCUT2D eigenvalue weighted by atomic mass is 10.1. The van der Waals surface area contributed by atoms with Crippen LogP contribution >= 0.6 is 0 Å². The summed E-state index contributed by atoms with van der Waals surface area (Å²) >= 11 is 0. The molecular formula is C13H24N6O. The van der Waals surface area contributed by atoms with Crippen LogP contribution in [0.5, 0.6) is 0 Å². The lowest BCUT2D eigenvalue weighted by molar-refractivity contribution is 0.139. The fraction of sp³-hybridized carbons (Fsp3) is 0.769. The predicted octanol–water partition coefficient (Wildman–Crippen LogP) is 0.603. The molecule has 1 fully saturated rings. The number of piperidine rings is 1. The Morgan fingerprint density at radius 2 is 2.35 bits per heavy atom. The maximum absolute atomic E-state index is 12.2. The first-order valence-electron chi connectivity index (χ1n) is 7.19. The number of nitrogens with zero attached hydrogens (tertiary/aromatic N) is 4. The molecule has 1 aliphatic rings. The molecule has 0 spiro atoms. The molecule has 0 aliphatic carbocycles.